The van der Waals surface area contributed by atoms with Gasteiger partial charge in [-0.25, -0.2) is 4.99 Å². The van der Waals surface area contributed by atoms with E-state index in [-0.39, 0.29) is 17.0 Å². The van der Waals surface area contributed by atoms with Crippen LogP contribution in [0, 0.1) is 0 Å². The first-order valence-corrected chi connectivity index (χ1v) is 7.09. The Hall–Kier alpha value is -0.0000000000000000555. The Morgan fingerprint density at radius 1 is 1.35 bits per heavy atom. The minimum atomic E-state index is 0. The van der Waals surface area contributed by atoms with E-state index in [2.05, 4.69) is 4.99 Å². The number of nitrogens with zero attached hydrogens (tertiary/aromatic N) is 1. The van der Waals surface area contributed by atoms with Gasteiger partial charge in [0.25, 0.3) is 0 Å². The minimum absolute atomic E-state index is 0. The van der Waals surface area contributed by atoms with Crippen LogP contribution in [0.5, 0.6) is 0 Å². The third-order valence-electron chi connectivity index (χ3n) is 3.11. The first kappa shape index (κ1) is 15.1. The molecule has 3 nitrogen and oxygen atoms in total. The van der Waals surface area contributed by atoms with Gasteiger partial charge >= 0.3 is 0 Å². The van der Waals surface area contributed by atoms with Gasteiger partial charge in [-0.3, -0.25) is 0 Å². The van der Waals surface area contributed by atoms with E-state index in [0.29, 0.717) is 11.3 Å². The lowest BCUT2D eigenvalue weighted by atomic mass is 9.98. The smallest absolute Gasteiger partial charge is 0.158 e. The van der Waals surface area contributed by atoms with Crippen LogP contribution < -0.4 is 5.73 Å². The van der Waals surface area contributed by atoms with E-state index in [1.807, 2.05) is 6.20 Å². The van der Waals surface area contributed by atoms with Crippen molar-refractivity contribution < 1.29 is 4.74 Å². The van der Waals surface area contributed by atoms with Crippen molar-refractivity contribution in [2.24, 2.45) is 10.7 Å². The van der Waals surface area contributed by atoms with E-state index in [4.69, 9.17) is 10.5 Å². The third-order valence-corrected chi connectivity index (χ3v) is 4.03. The summed E-state index contributed by atoms with van der Waals surface area (Å²) in [6, 6.07) is 0. The van der Waals surface area contributed by atoms with Gasteiger partial charge in [0.1, 0.15) is 0 Å². The molecule has 2 rings (SSSR count). The summed E-state index contributed by atoms with van der Waals surface area (Å²) >= 11 is 1.62. The molecule has 98 valence electrons. The number of hydrogen-bond acceptors (Lipinski definition) is 4. The number of thioether (sulfide) groups is 1. The maximum Gasteiger partial charge on any atom is 0.158 e. The maximum absolute atomic E-state index is 5.88. The summed E-state index contributed by atoms with van der Waals surface area (Å²) < 4.78 is 5.88. The van der Waals surface area contributed by atoms with Crippen molar-refractivity contribution in [1.82, 2.24) is 0 Å². The summed E-state index contributed by atoms with van der Waals surface area (Å²) in [4.78, 5) is 4.12. The molecular weight excluding hydrogens is 300 g/mol. The van der Waals surface area contributed by atoms with Gasteiger partial charge in [-0.15, -0.1) is 17.0 Å². The molecule has 17 heavy (non-hydrogen) atoms. The predicted octanol–water partition coefficient (Wildman–Crippen LogP) is 3.25. The van der Waals surface area contributed by atoms with Crippen molar-refractivity contribution in [2.75, 3.05) is 12.4 Å². The van der Waals surface area contributed by atoms with E-state index >= 15 is 0 Å². The van der Waals surface area contributed by atoms with E-state index in [9.17, 15) is 0 Å². The van der Waals surface area contributed by atoms with Gasteiger partial charge in [-0.05, 0) is 24.8 Å². The van der Waals surface area contributed by atoms with Crippen molar-refractivity contribution in [3.63, 3.8) is 0 Å². The van der Waals surface area contributed by atoms with Crippen molar-refractivity contribution >= 4 is 33.9 Å². The van der Waals surface area contributed by atoms with Gasteiger partial charge in [0.05, 0.1) is 12.7 Å². The highest BCUT2D eigenvalue weighted by molar-refractivity contribution is 8.93. The van der Waals surface area contributed by atoms with Crippen molar-refractivity contribution in [3.05, 3.63) is 11.8 Å². The number of halogens is 1. The molecule has 0 aromatic carbocycles. The fourth-order valence-corrected chi connectivity index (χ4v) is 2.80. The molecule has 2 N–H and O–H groups in total. The van der Waals surface area contributed by atoms with Crippen LogP contribution in [0.2, 0.25) is 0 Å². The van der Waals surface area contributed by atoms with Crippen LogP contribution >= 0.6 is 28.7 Å². The normalized spacial score (nSPS) is 21.4. The Morgan fingerprint density at radius 2 is 2.12 bits per heavy atom. The molecule has 0 aromatic rings. The van der Waals surface area contributed by atoms with Crippen molar-refractivity contribution in [2.45, 2.75) is 44.6 Å². The molecule has 1 aliphatic heterocycles. The van der Waals surface area contributed by atoms with Crippen molar-refractivity contribution in [3.8, 4) is 0 Å². The highest BCUT2D eigenvalue weighted by atomic mass is 79.9. The molecule has 0 spiro atoms. The second-order valence-electron chi connectivity index (χ2n) is 4.42. The highest BCUT2D eigenvalue weighted by Gasteiger charge is 2.14. The summed E-state index contributed by atoms with van der Waals surface area (Å²) in [5, 5.41) is 0.678. The molecule has 1 saturated carbocycles. The average molecular weight is 321 g/mol. The Balaban J connectivity index is 0.00000144. The number of amidine groups is 1. The number of ether oxygens (including phenoxy) is 1. The molecular formula is C12H21BrN2OS. The van der Waals surface area contributed by atoms with Crippen LogP contribution in [0.4, 0.5) is 0 Å². The molecule has 5 heteroatoms. The van der Waals surface area contributed by atoms with Crippen LogP contribution in [0.25, 0.3) is 0 Å². The minimum Gasteiger partial charge on any atom is -0.378 e. The summed E-state index contributed by atoms with van der Waals surface area (Å²) in [7, 11) is 0. The molecule has 1 fully saturated rings. The van der Waals surface area contributed by atoms with Gasteiger partial charge in [-0.2, -0.15) is 0 Å². The first-order valence-electron chi connectivity index (χ1n) is 6.10. The number of rotatable bonds is 4. The zero-order chi connectivity index (χ0) is 11.2. The van der Waals surface area contributed by atoms with Crippen molar-refractivity contribution in [1.29, 1.82) is 0 Å². The maximum atomic E-state index is 5.88. The fraction of sp³-hybridized carbons (Fsp3) is 0.750. The molecule has 0 radical (unpaired) electrons. The monoisotopic (exact) mass is 320 g/mol. The van der Waals surface area contributed by atoms with Gasteiger partial charge in [0.2, 0.25) is 0 Å². The lowest BCUT2D eigenvalue weighted by molar-refractivity contribution is 0.0304. The molecule has 1 aliphatic carbocycles. The fourth-order valence-electron chi connectivity index (χ4n) is 2.12. The molecule has 2 aliphatic rings. The quantitative estimate of drug-likeness (QED) is 0.865. The van der Waals surface area contributed by atoms with E-state index in [1.54, 1.807) is 11.8 Å². The van der Waals surface area contributed by atoms with Crippen LogP contribution in [0.1, 0.15) is 38.5 Å². The summed E-state index contributed by atoms with van der Waals surface area (Å²) in [6.07, 6.45) is 9.97. The largest absolute Gasteiger partial charge is 0.378 e. The zero-order valence-electron chi connectivity index (χ0n) is 10.1. The van der Waals surface area contributed by atoms with Crippen LogP contribution in [0.3, 0.4) is 0 Å². The summed E-state index contributed by atoms with van der Waals surface area (Å²) in [6.45, 7) is 0.840. The molecule has 0 atom stereocenters. The Kier molecular flexibility index (Phi) is 7.23. The van der Waals surface area contributed by atoms with E-state index < -0.39 is 0 Å². The second kappa shape index (κ2) is 8.16. The van der Waals surface area contributed by atoms with E-state index in [1.165, 1.54) is 37.7 Å². The average Bonchev–Trinajstić information content (AvgIpc) is 2.33. The standard InChI is InChI=1S/C12H20N2OS.BrH/c13-12-14-8-10(9-16-12)6-7-15-11-4-2-1-3-5-11;/h8,11H,1-7,9H2,(H2,13,14);1H. The second-order valence-corrected chi connectivity index (χ2v) is 5.42. The zero-order valence-corrected chi connectivity index (χ0v) is 12.6. The predicted molar refractivity (Wildman–Crippen MR) is 79.9 cm³/mol. The molecule has 1 heterocycles. The van der Waals surface area contributed by atoms with Gasteiger partial charge in [0.15, 0.2) is 5.17 Å². The molecule has 0 amide bonds. The lowest BCUT2D eigenvalue weighted by Gasteiger charge is -2.22. The number of hydrogen-bond donors (Lipinski definition) is 1. The van der Waals surface area contributed by atoms with Crippen LogP contribution in [0.15, 0.2) is 16.8 Å². The molecule has 0 aromatic heterocycles. The summed E-state index contributed by atoms with van der Waals surface area (Å²) in [5.41, 5.74) is 6.92. The van der Waals surface area contributed by atoms with Gasteiger partial charge < -0.3 is 10.5 Å². The van der Waals surface area contributed by atoms with Gasteiger partial charge in [-0.1, -0.05) is 31.0 Å². The SMILES string of the molecule is Br.NC1=NC=C(CCOC2CCCCC2)CS1. The van der Waals surface area contributed by atoms with Crippen LogP contribution in [-0.2, 0) is 4.74 Å². The third kappa shape index (κ3) is 5.44. The number of aliphatic imine (C=N–C) groups is 1. The molecule has 0 bridgehead atoms. The van der Waals surface area contributed by atoms with Crippen LogP contribution in [-0.4, -0.2) is 23.6 Å². The molecule has 0 unspecified atom stereocenters. The summed E-state index contributed by atoms with van der Waals surface area (Å²) in [5.74, 6) is 0.976. The Bertz CT molecular complexity index is 288. The number of nitrogens with two attached hydrogens (primary N) is 1. The topological polar surface area (TPSA) is 47.6 Å². The first-order chi connectivity index (χ1) is 7.84. The Morgan fingerprint density at radius 3 is 2.76 bits per heavy atom. The van der Waals surface area contributed by atoms with E-state index in [0.717, 1.165) is 18.8 Å². The highest BCUT2D eigenvalue weighted by Crippen LogP contribution is 2.22. The lowest BCUT2D eigenvalue weighted by Crippen LogP contribution is -2.18. The molecule has 0 saturated heterocycles. The van der Waals surface area contributed by atoms with Gasteiger partial charge in [0, 0.05) is 12.0 Å². The Labute approximate surface area is 118 Å².